The van der Waals surface area contributed by atoms with Crippen molar-refractivity contribution >= 4 is 17.7 Å². The number of aliphatic hydroxyl groups excluding tert-OH is 1. The van der Waals surface area contributed by atoms with Crippen molar-refractivity contribution in [2.75, 3.05) is 18.1 Å². The van der Waals surface area contributed by atoms with Crippen LogP contribution in [-0.4, -0.2) is 35.3 Å². The molecule has 0 aliphatic rings. The third-order valence-corrected chi connectivity index (χ3v) is 2.04. The molecule has 0 spiro atoms. The van der Waals surface area contributed by atoms with Crippen LogP contribution in [0.3, 0.4) is 0 Å². The summed E-state index contributed by atoms with van der Waals surface area (Å²) < 4.78 is 4.68. The molecule has 11 heavy (non-hydrogen) atoms. The van der Waals surface area contributed by atoms with E-state index in [1.807, 2.05) is 0 Å². The van der Waals surface area contributed by atoms with Gasteiger partial charge in [0.2, 0.25) is 0 Å². The number of hydrogen-bond donors (Lipinski definition) is 1. The summed E-state index contributed by atoms with van der Waals surface area (Å²) in [6.07, 6.45) is -0.352. The van der Waals surface area contributed by atoms with Gasteiger partial charge in [0.15, 0.2) is 0 Å². The second-order valence-corrected chi connectivity index (χ2v) is 3.20. The molecule has 0 radical (unpaired) electrons. The molecule has 0 unspecified atom stereocenters. The first-order valence-electron chi connectivity index (χ1n) is 3.58. The summed E-state index contributed by atoms with van der Waals surface area (Å²) >= 11 is 1.38. The molecule has 3 nitrogen and oxygen atoms in total. The van der Waals surface area contributed by atoms with E-state index >= 15 is 0 Å². The maximum absolute atomic E-state index is 10.7. The SMILES string of the molecule is CCOC(=O)CSC[C@H](C)O. The summed E-state index contributed by atoms with van der Waals surface area (Å²) in [7, 11) is 0. The average molecular weight is 178 g/mol. The fourth-order valence-electron chi connectivity index (χ4n) is 0.515. The van der Waals surface area contributed by atoms with Gasteiger partial charge in [-0.05, 0) is 13.8 Å². The quantitative estimate of drug-likeness (QED) is 0.628. The summed E-state index contributed by atoms with van der Waals surface area (Å²) in [4.78, 5) is 10.7. The minimum Gasteiger partial charge on any atom is -0.465 e. The molecule has 0 saturated carbocycles. The maximum Gasteiger partial charge on any atom is 0.315 e. The van der Waals surface area contributed by atoms with Gasteiger partial charge in [0.1, 0.15) is 0 Å². The predicted molar refractivity (Wildman–Crippen MR) is 45.6 cm³/mol. The first-order valence-corrected chi connectivity index (χ1v) is 4.73. The Morgan fingerprint density at radius 2 is 2.36 bits per heavy atom. The molecular formula is C7H14O3S. The molecule has 1 N–H and O–H groups in total. The van der Waals surface area contributed by atoms with Crippen molar-refractivity contribution in [2.45, 2.75) is 20.0 Å². The zero-order chi connectivity index (χ0) is 8.69. The molecule has 0 heterocycles. The molecule has 1 atom stereocenters. The molecule has 0 saturated heterocycles. The van der Waals surface area contributed by atoms with Crippen molar-refractivity contribution in [2.24, 2.45) is 0 Å². The van der Waals surface area contributed by atoms with Crippen molar-refractivity contribution < 1.29 is 14.6 Å². The molecule has 0 amide bonds. The largest absolute Gasteiger partial charge is 0.465 e. The first kappa shape index (κ1) is 10.8. The zero-order valence-electron chi connectivity index (χ0n) is 6.87. The lowest BCUT2D eigenvalue weighted by atomic mass is 10.5. The highest BCUT2D eigenvalue weighted by atomic mass is 32.2. The highest BCUT2D eigenvalue weighted by molar-refractivity contribution is 7.99. The third kappa shape index (κ3) is 7.68. The minimum absolute atomic E-state index is 0.210. The Bertz CT molecular complexity index is 114. The van der Waals surface area contributed by atoms with E-state index in [2.05, 4.69) is 4.74 Å². The van der Waals surface area contributed by atoms with Gasteiger partial charge in [0, 0.05) is 5.75 Å². The van der Waals surface area contributed by atoms with Gasteiger partial charge in [0.05, 0.1) is 18.5 Å². The van der Waals surface area contributed by atoms with Gasteiger partial charge in [-0.15, -0.1) is 11.8 Å². The summed E-state index contributed by atoms with van der Waals surface area (Å²) in [6, 6.07) is 0. The molecule has 4 heteroatoms. The fourth-order valence-corrected chi connectivity index (χ4v) is 1.22. The Balaban J connectivity index is 3.17. The van der Waals surface area contributed by atoms with Crippen molar-refractivity contribution in [3.05, 3.63) is 0 Å². The Morgan fingerprint density at radius 3 is 2.82 bits per heavy atom. The summed E-state index contributed by atoms with van der Waals surface area (Å²) in [6.45, 7) is 3.89. The minimum atomic E-state index is -0.352. The third-order valence-electron chi connectivity index (χ3n) is 0.884. The maximum atomic E-state index is 10.7. The highest BCUT2D eigenvalue weighted by Gasteiger charge is 2.02. The first-order chi connectivity index (χ1) is 5.16. The lowest BCUT2D eigenvalue weighted by molar-refractivity contribution is -0.139. The second kappa shape index (κ2) is 6.49. The summed E-state index contributed by atoms with van der Waals surface area (Å²) in [5.41, 5.74) is 0. The Kier molecular flexibility index (Phi) is 6.36. The van der Waals surface area contributed by atoms with Gasteiger partial charge in [-0.2, -0.15) is 0 Å². The number of ether oxygens (including phenoxy) is 1. The van der Waals surface area contributed by atoms with E-state index in [1.165, 1.54) is 11.8 Å². The van der Waals surface area contributed by atoms with E-state index in [9.17, 15) is 4.79 Å². The van der Waals surface area contributed by atoms with Gasteiger partial charge in [-0.3, -0.25) is 4.79 Å². The number of carbonyl (C=O) groups is 1. The van der Waals surface area contributed by atoms with Gasteiger partial charge in [-0.1, -0.05) is 0 Å². The van der Waals surface area contributed by atoms with Gasteiger partial charge >= 0.3 is 5.97 Å². The second-order valence-electron chi connectivity index (χ2n) is 2.17. The van der Waals surface area contributed by atoms with Crippen LogP contribution in [0, 0.1) is 0 Å². The molecule has 0 aliphatic heterocycles. The average Bonchev–Trinajstić information content (AvgIpc) is 1.87. The Morgan fingerprint density at radius 1 is 1.73 bits per heavy atom. The van der Waals surface area contributed by atoms with E-state index in [0.717, 1.165) is 0 Å². The van der Waals surface area contributed by atoms with E-state index in [0.29, 0.717) is 18.1 Å². The van der Waals surface area contributed by atoms with Crippen molar-refractivity contribution in [1.82, 2.24) is 0 Å². The predicted octanol–water partition coefficient (Wildman–Crippen LogP) is 0.663. The molecule has 0 aromatic heterocycles. The van der Waals surface area contributed by atoms with Gasteiger partial charge in [-0.25, -0.2) is 0 Å². The normalized spacial score (nSPS) is 12.6. The number of hydrogen-bond acceptors (Lipinski definition) is 4. The highest BCUT2D eigenvalue weighted by Crippen LogP contribution is 2.02. The number of thioether (sulfide) groups is 1. The van der Waals surface area contributed by atoms with E-state index in [1.54, 1.807) is 13.8 Å². The lowest BCUT2D eigenvalue weighted by Crippen LogP contribution is -2.10. The Labute approximate surface area is 71.1 Å². The summed E-state index contributed by atoms with van der Waals surface area (Å²) in [5, 5.41) is 8.82. The number of rotatable bonds is 5. The van der Waals surface area contributed by atoms with Crippen LogP contribution in [0.5, 0.6) is 0 Å². The molecular weight excluding hydrogens is 164 g/mol. The lowest BCUT2D eigenvalue weighted by Gasteiger charge is -2.03. The molecule has 0 aliphatic carbocycles. The van der Waals surface area contributed by atoms with Crippen molar-refractivity contribution in [3.63, 3.8) is 0 Å². The van der Waals surface area contributed by atoms with E-state index in [-0.39, 0.29) is 12.1 Å². The number of carbonyl (C=O) groups excluding carboxylic acids is 1. The molecule has 0 aromatic carbocycles. The smallest absolute Gasteiger partial charge is 0.315 e. The zero-order valence-corrected chi connectivity index (χ0v) is 7.69. The Hall–Kier alpha value is -0.220. The van der Waals surface area contributed by atoms with Crippen molar-refractivity contribution in [3.8, 4) is 0 Å². The van der Waals surface area contributed by atoms with Crippen LogP contribution in [0.1, 0.15) is 13.8 Å². The fraction of sp³-hybridized carbons (Fsp3) is 0.857. The van der Waals surface area contributed by atoms with Crippen LogP contribution in [0.15, 0.2) is 0 Å². The molecule has 0 aromatic rings. The van der Waals surface area contributed by atoms with Crippen LogP contribution < -0.4 is 0 Å². The van der Waals surface area contributed by atoms with Crippen LogP contribution in [0.25, 0.3) is 0 Å². The van der Waals surface area contributed by atoms with Crippen LogP contribution in [-0.2, 0) is 9.53 Å². The van der Waals surface area contributed by atoms with Gasteiger partial charge in [0.25, 0.3) is 0 Å². The van der Waals surface area contributed by atoms with E-state index in [4.69, 9.17) is 5.11 Å². The molecule has 0 bridgehead atoms. The van der Waals surface area contributed by atoms with Crippen LogP contribution >= 0.6 is 11.8 Å². The summed E-state index contributed by atoms with van der Waals surface area (Å²) in [5.74, 6) is 0.704. The van der Waals surface area contributed by atoms with Gasteiger partial charge < -0.3 is 9.84 Å². The monoisotopic (exact) mass is 178 g/mol. The number of aliphatic hydroxyl groups is 1. The van der Waals surface area contributed by atoms with Crippen LogP contribution in [0.2, 0.25) is 0 Å². The molecule has 66 valence electrons. The standard InChI is InChI=1S/C7H14O3S/c1-3-10-7(9)5-11-4-6(2)8/h6,8H,3-5H2,1-2H3/t6-/m0/s1. The molecule has 0 rings (SSSR count). The van der Waals surface area contributed by atoms with Crippen LogP contribution in [0.4, 0.5) is 0 Å². The van der Waals surface area contributed by atoms with E-state index < -0.39 is 0 Å². The van der Waals surface area contributed by atoms with Crippen molar-refractivity contribution in [1.29, 1.82) is 0 Å². The molecule has 0 fully saturated rings. The topological polar surface area (TPSA) is 46.5 Å². The number of esters is 1.